The van der Waals surface area contributed by atoms with Gasteiger partial charge in [0.2, 0.25) is 5.91 Å². The third-order valence-electron chi connectivity index (χ3n) is 3.45. The molecule has 1 amide bonds. The number of ether oxygens (including phenoxy) is 2. The van der Waals surface area contributed by atoms with E-state index in [4.69, 9.17) is 9.47 Å². The van der Waals surface area contributed by atoms with Gasteiger partial charge in [0.15, 0.2) is 0 Å². The molecule has 0 bridgehead atoms. The lowest BCUT2D eigenvalue weighted by Gasteiger charge is -2.37. The van der Waals surface area contributed by atoms with E-state index in [2.05, 4.69) is 18.7 Å². The van der Waals surface area contributed by atoms with Gasteiger partial charge in [0.25, 0.3) is 0 Å². The molecule has 104 valence electrons. The Bertz CT molecular complexity index is 288. The Kier molecular flexibility index (Phi) is 4.59. The Balaban J connectivity index is 1.83. The van der Waals surface area contributed by atoms with Crippen LogP contribution in [0.25, 0.3) is 0 Å². The molecule has 0 aromatic heterocycles. The van der Waals surface area contributed by atoms with E-state index in [1.165, 1.54) is 0 Å². The number of hydrogen-bond donors (Lipinski definition) is 0. The fourth-order valence-electron chi connectivity index (χ4n) is 2.75. The molecule has 0 spiro atoms. The first kappa shape index (κ1) is 13.8. The Morgan fingerprint density at radius 2 is 1.78 bits per heavy atom. The molecule has 5 nitrogen and oxygen atoms in total. The lowest BCUT2D eigenvalue weighted by atomic mass is 10.2. The summed E-state index contributed by atoms with van der Waals surface area (Å²) in [4.78, 5) is 16.3. The Morgan fingerprint density at radius 3 is 2.39 bits per heavy atom. The van der Waals surface area contributed by atoms with Crippen LogP contribution in [0.4, 0.5) is 0 Å². The van der Waals surface area contributed by atoms with Crippen LogP contribution in [-0.4, -0.2) is 73.3 Å². The number of rotatable bonds is 2. The smallest absolute Gasteiger partial charge is 0.236 e. The maximum atomic E-state index is 12.2. The van der Waals surface area contributed by atoms with Crippen molar-refractivity contribution in [2.45, 2.75) is 39.1 Å². The second-order valence-electron chi connectivity index (χ2n) is 5.47. The number of carbonyl (C=O) groups excluding carboxylic acids is 1. The highest BCUT2D eigenvalue weighted by Crippen LogP contribution is 2.11. The molecule has 0 radical (unpaired) electrons. The third-order valence-corrected chi connectivity index (χ3v) is 3.45. The maximum Gasteiger partial charge on any atom is 0.236 e. The van der Waals surface area contributed by atoms with Gasteiger partial charge in [0, 0.05) is 26.2 Å². The van der Waals surface area contributed by atoms with E-state index in [9.17, 15) is 4.79 Å². The van der Waals surface area contributed by atoms with Crippen LogP contribution in [0.2, 0.25) is 0 Å². The molecule has 0 aliphatic carbocycles. The summed E-state index contributed by atoms with van der Waals surface area (Å²) >= 11 is 0. The molecule has 3 atom stereocenters. The van der Waals surface area contributed by atoms with Gasteiger partial charge in [-0.05, 0) is 20.8 Å². The first-order valence-corrected chi connectivity index (χ1v) is 6.82. The molecule has 18 heavy (non-hydrogen) atoms. The van der Waals surface area contributed by atoms with Crippen LogP contribution >= 0.6 is 0 Å². The normalized spacial score (nSPS) is 34.6. The third kappa shape index (κ3) is 3.67. The highest BCUT2D eigenvalue weighted by Gasteiger charge is 2.27. The fourth-order valence-corrected chi connectivity index (χ4v) is 2.75. The average molecular weight is 256 g/mol. The first-order valence-electron chi connectivity index (χ1n) is 6.82. The molecular weight excluding hydrogens is 232 g/mol. The van der Waals surface area contributed by atoms with Gasteiger partial charge in [-0.25, -0.2) is 0 Å². The van der Waals surface area contributed by atoms with Gasteiger partial charge < -0.3 is 14.4 Å². The molecule has 5 heteroatoms. The Hall–Kier alpha value is -0.650. The molecule has 3 unspecified atom stereocenters. The maximum absolute atomic E-state index is 12.2. The molecule has 0 N–H and O–H groups in total. The minimum absolute atomic E-state index is 0.158. The predicted molar refractivity (Wildman–Crippen MR) is 68.4 cm³/mol. The van der Waals surface area contributed by atoms with E-state index >= 15 is 0 Å². The van der Waals surface area contributed by atoms with Gasteiger partial charge in [-0.1, -0.05) is 0 Å². The van der Waals surface area contributed by atoms with Crippen LogP contribution in [0.1, 0.15) is 20.8 Å². The molecule has 2 rings (SSSR count). The molecule has 2 saturated heterocycles. The standard InChI is InChI=1S/C13H24N2O3/c1-10-8-15(4-5-17-10)13(16)9-14-6-11(2)18-12(3)7-14/h10-12H,4-9H2,1-3H3. The van der Waals surface area contributed by atoms with E-state index in [0.29, 0.717) is 19.7 Å². The zero-order valence-corrected chi connectivity index (χ0v) is 11.6. The van der Waals surface area contributed by atoms with E-state index in [-0.39, 0.29) is 24.2 Å². The number of amides is 1. The van der Waals surface area contributed by atoms with Crippen LogP contribution in [0.3, 0.4) is 0 Å². The van der Waals surface area contributed by atoms with Crippen LogP contribution in [-0.2, 0) is 14.3 Å². The fraction of sp³-hybridized carbons (Fsp3) is 0.923. The molecule has 2 aliphatic heterocycles. The molecular formula is C13H24N2O3. The summed E-state index contributed by atoms with van der Waals surface area (Å²) in [6.45, 7) is 10.4. The molecule has 2 aliphatic rings. The quantitative estimate of drug-likeness (QED) is 0.714. The zero-order chi connectivity index (χ0) is 13.1. The Morgan fingerprint density at radius 1 is 1.11 bits per heavy atom. The first-order chi connectivity index (χ1) is 8.54. The van der Waals surface area contributed by atoms with E-state index in [1.807, 2.05) is 11.8 Å². The number of carbonyl (C=O) groups is 1. The largest absolute Gasteiger partial charge is 0.375 e. The summed E-state index contributed by atoms with van der Waals surface area (Å²) in [6.07, 6.45) is 0.584. The molecule has 0 aromatic carbocycles. The molecule has 0 aromatic rings. The van der Waals surface area contributed by atoms with Gasteiger partial charge in [-0.3, -0.25) is 9.69 Å². The van der Waals surface area contributed by atoms with Gasteiger partial charge in [0.1, 0.15) is 0 Å². The highest BCUT2D eigenvalue weighted by molar-refractivity contribution is 5.78. The summed E-state index contributed by atoms with van der Waals surface area (Å²) in [5.74, 6) is 0.214. The van der Waals surface area contributed by atoms with Crippen molar-refractivity contribution in [2.24, 2.45) is 0 Å². The van der Waals surface area contributed by atoms with Crippen molar-refractivity contribution >= 4 is 5.91 Å². The number of morpholine rings is 2. The minimum Gasteiger partial charge on any atom is -0.375 e. The summed E-state index contributed by atoms with van der Waals surface area (Å²) in [5, 5.41) is 0. The topological polar surface area (TPSA) is 42.0 Å². The molecule has 0 saturated carbocycles. The van der Waals surface area contributed by atoms with Gasteiger partial charge >= 0.3 is 0 Å². The predicted octanol–water partition coefficient (Wildman–Crippen LogP) is 0.343. The van der Waals surface area contributed by atoms with Crippen LogP contribution in [0, 0.1) is 0 Å². The average Bonchev–Trinajstić information content (AvgIpc) is 2.27. The SMILES string of the molecule is CC1CN(C(=O)CN2CC(C)OC(C)C2)CCO1. The van der Waals surface area contributed by atoms with Crippen LogP contribution in [0.15, 0.2) is 0 Å². The molecule has 2 heterocycles. The number of hydrogen-bond acceptors (Lipinski definition) is 4. The van der Waals surface area contributed by atoms with E-state index in [1.54, 1.807) is 0 Å². The monoisotopic (exact) mass is 256 g/mol. The summed E-state index contributed by atoms with van der Waals surface area (Å²) < 4.78 is 11.1. The van der Waals surface area contributed by atoms with Gasteiger partial charge in [-0.15, -0.1) is 0 Å². The summed E-state index contributed by atoms with van der Waals surface area (Å²) in [6, 6.07) is 0. The van der Waals surface area contributed by atoms with Crippen molar-refractivity contribution < 1.29 is 14.3 Å². The highest BCUT2D eigenvalue weighted by atomic mass is 16.5. The van der Waals surface area contributed by atoms with Crippen molar-refractivity contribution in [3.8, 4) is 0 Å². The molecule has 2 fully saturated rings. The van der Waals surface area contributed by atoms with Crippen LogP contribution < -0.4 is 0 Å². The lowest BCUT2D eigenvalue weighted by molar-refractivity contribution is -0.142. The van der Waals surface area contributed by atoms with Crippen LogP contribution in [0.5, 0.6) is 0 Å². The van der Waals surface area contributed by atoms with Crippen molar-refractivity contribution in [3.63, 3.8) is 0 Å². The van der Waals surface area contributed by atoms with E-state index < -0.39 is 0 Å². The van der Waals surface area contributed by atoms with Crippen molar-refractivity contribution in [2.75, 3.05) is 39.3 Å². The second-order valence-corrected chi connectivity index (χ2v) is 5.47. The van der Waals surface area contributed by atoms with E-state index in [0.717, 1.165) is 19.6 Å². The minimum atomic E-state index is 0.158. The summed E-state index contributed by atoms with van der Waals surface area (Å²) in [5.41, 5.74) is 0. The van der Waals surface area contributed by atoms with Gasteiger partial charge in [-0.2, -0.15) is 0 Å². The summed E-state index contributed by atoms with van der Waals surface area (Å²) in [7, 11) is 0. The zero-order valence-electron chi connectivity index (χ0n) is 11.6. The van der Waals surface area contributed by atoms with Crippen molar-refractivity contribution in [3.05, 3.63) is 0 Å². The lowest BCUT2D eigenvalue weighted by Crippen LogP contribution is -2.52. The Labute approximate surface area is 109 Å². The van der Waals surface area contributed by atoms with Crippen molar-refractivity contribution in [1.82, 2.24) is 9.80 Å². The number of nitrogens with zero attached hydrogens (tertiary/aromatic N) is 2. The van der Waals surface area contributed by atoms with Crippen molar-refractivity contribution in [1.29, 1.82) is 0 Å². The van der Waals surface area contributed by atoms with Gasteiger partial charge in [0.05, 0.1) is 31.5 Å². The second kappa shape index (κ2) is 5.99.